The molecule has 0 aromatic heterocycles. The number of carbonyl (C=O) groups excluding carboxylic acids is 3. The lowest BCUT2D eigenvalue weighted by Crippen LogP contribution is -2.47. The lowest BCUT2D eigenvalue weighted by Gasteiger charge is -2.36. The number of carbonyl (C=O) groups is 3. The summed E-state index contributed by atoms with van der Waals surface area (Å²) >= 11 is 1.69. The third-order valence-corrected chi connectivity index (χ3v) is 10.3. The maximum absolute atomic E-state index is 12.9. The van der Waals surface area contributed by atoms with Crippen molar-refractivity contribution < 1.29 is 33.7 Å². The summed E-state index contributed by atoms with van der Waals surface area (Å²) in [5.41, 5.74) is 7.18. The number of rotatable bonds is 14. The first-order valence-electron chi connectivity index (χ1n) is 18.1. The fraction of sp³-hybridized carbons (Fsp3) is 0.250. The lowest BCUT2D eigenvalue weighted by atomic mass is 9.99. The number of aliphatic hydroxyl groups excluding tert-OH is 1. The number of aliphatic hydroxyl groups is 1. The van der Waals surface area contributed by atoms with E-state index in [9.17, 15) is 19.5 Å². The van der Waals surface area contributed by atoms with Crippen molar-refractivity contribution in [3.63, 3.8) is 0 Å². The fourth-order valence-corrected chi connectivity index (χ4v) is 7.27. The van der Waals surface area contributed by atoms with Gasteiger partial charge in [-0.25, -0.2) is 9.59 Å². The first-order valence-corrected chi connectivity index (χ1v) is 19.1. The van der Waals surface area contributed by atoms with Crippen LogP contribution in [0.15, 0.2) is 132 Å². The highest BCUT2D eigenvalue weighted by atomic mass is 32.2. The Morgan fingerprint density at radius 1 is 0.800 bits per heavy atom. The molecule has 0 aliphatic carbocycles. The van der Waals surface area contributed by atoms with Crippen LogP contribution >= 0.6 is 11.8 Å². The third kappa shape index (κ3) is 11.3. The van der Waals surface area contributed by atoms with Gasteiger partial charge in [0.1, 0.15) is 6.04 Å². The van der Waals surface area contributed by atoms with Crippen LogP contribution in [0, 0.1) is 0 Å². The standard InChI is InChI=1S/C44H45N3O7S/c1-29(49)46-37-18-20-39(21-19-37)55-28-38-25-41(33-16-14-31(27-48)15-17-33)54-43(53-38)36-13-7-12-35(24-36)34-11-6-10-32(22-34)26-45-44(51)47-40(42(50)52-2)23-30-8-4-3-5-9-30/h3-22,24,38,40-41,43,48H,23,25-28H2,1-2H3,(H,46,49)(H2,45,47,51)/t38-,40-,41+,43+/m0/s1. The van der Waals surface area contributed by atoms with E-state index in [1.54, 1.807) is 11.8 Å². The molecule has 0 unspecified atom stereocenters. The minimum absolute atomic E-state index is 0.0284. The van der Waals surface area contributed by atoms with E-state index in [0.717, 1.165) is 49.5 Å². The second kappa shape index (κ2) is 19.2. The van der Waals surface area contributed by atoms with Crippen LogP contribution < -0.4 is 16.0 Å². The predicted molar refractivity (Wildman–Crippen MR) is 213 cm³/mol. The van der Waals surface area contributed by atoms with Crippen LogP contribution in [-0.2, 0) is 43.4 Å². The Morgan fingerprint density at radius 3 is 2.22 bits per heavy atom. The van der Waals surface area contributed by atoms with Gasteiger partial charge in [0, 0.05) is 48.2 Å². The van der Waals surface area contributed by atoms with Gasteiger partial charge >= 0.3 is 12.0 Å². The summed E-state index contributed by atoms with van der Waals surface area (Å²) in [5, 5.41) is 18.0. The number of methoxy groups -OCH3 is 1. The average molecular weight is 760 g/mol. The van der Waals surface area contributed by atoms with E-state index in [-0.39, 0.29) is 31.3 Å². The molecule has 1 heterocycles. The molecule has 11 heteroatoms. The van der Waals surface area contributed by atoms with Crippen LogP contribution in [0.4, 0.5) is 10.5 Å². The molecule has 4 N–H and O–H groups in total. The van der Waals surface area contributed by atoms with E-state index < -0.39 is 24.3 Å². The topological polar surface area (TPSA) is 135 Å². The smallest absolute Gasteiger partial charge is 0.328 e. The molecule has 0 spiro atoms. The Hall–Kier alpha value is -5.46. The fourth-order valence-electron chi connectivity index (χ4n) is 6.35. The second-order valence-corrected chi connectivity index (χ2v) is 14.4. The molecule has 5 aromatic carbocycles. The predicted octanol–water partition coefficient (Wildman–Crippen LogP) is 7.73. The molecule has 55 heavy (non-hydrogen) atoms. The van der Waals surface area contributed by atoms with E-state index in [1.807, 2.05) is 121 Å². The van der Waals surface area contributed by atoms with E-state index in [1.165, 1.54) is 14.0 Å². The van der Waals surface area contributed by atoms with Gasteiger partial charge in [0.05, 0.1) is 25.9 Å². The van der Waals surface area contributed by atoms with Crippen LogP contribution in [0.3, 0.4) is 0 Å². The maximum atomic E-state index is 12.9. The van der Waals surface area contributed by atoms with Crippen molar-refractivity contribution >= 4 is 35.4 Å². The minimum Gasteiger partial charge on any atom is -0.467 e. The molecule has 3 amide bonds. The van der Waals surface area contributed by atoms with E-state index in [4.69, 9.17) is 14.2 Å². The third-order valence-electron chi connectivity index (χ3n) is 9.17. The van der Waals surface area contributed by atoms with Gasteiger partial charge in [-0.05, 0) is 69.8 Å². The highest BCUT2D eigenvalue weighted by Gasteiger charge is 2.32. The summed E-state index contributed by atoms with van der Waals surface area (Å²) in [6.45, 7) is 1.71. The number of anilines is 1. The summed E-state index contributed by atoms with van der Waals surface area (Å²) < 4.78 is 18.2. The minimum atomic E-state index is -0.828. The van der Waals surface area contributed by atoms with Crippen molar-refractivity contribution in [2.45, 2.75) is 62.4 Å². The highest BCUT2D eigenvalue weighted by Crippen LogP contribution is 2.40. The van der Waals surface area contributed by atoms with Crippen LogP contribution in [-0.4, -0.2) is 48.0 Å². The van der Waals surface area contributed by atoms with Crippen molar-refractivity contribution in [1.82, 2.24) is 10.6 Å². The molecule has 5 aromatic rings. The molecule has 1 saturated heterocycles. The molecule has 0 saturated carbocycles. The van der Waals surface area contributed by atoms with E-state index in [0.29, 0.717) is 18.6 Å². The molecule has 284 valence electrons. The van der Waals surface area contributed by atoms with Crippen molar-refractivity contribution in [2.24, 2.45) is 0 Å². The van der Waals surface area contributed by atoms with Gasteiger partial charge in [-0.2, -0.15) is 0 Å². The Balaban J connectivity index is 1.13. The number of ether oxygens (including phenoxy) is 3. The van der Waals surface area contributed by atoms with Crippen LogP contribution in [0.25, 0.3) is 11.1 Å². The van der Waals surface area contributed by atoms with Crippen LogP contribution in [0.1, 0.15) is 53.6 Å². The SMILES string of the molecule is COC(=O)[C@H](Cc1ccccc1)NC(=O)NCc1cccc(-c2cccc([C@@H]3O[C@H](CSc4ccc(NC(C)=O)cc4)C[C@H](c4ccc(CO)cc4)O3)c2)c1. The average Bonchev–Trinajstić information content (AvgIpc) is 3.22. The lowest BCUT2D eigenvalue weighted by molar-refractivity contribution is -0.245. The molecule has 4 atom stereocenters. The first-order chi connectivity index (χ1) is 26.8. The maximum Gasteiger partial charge on any atom is 0.328 e. The Labute approximate surface area is 325 Å². The number of benzene rings is 5. The second-order valence-electron chi connectivity index (χ2n) is 13.3. The first kappa shape index (κ1) is 39.2. The number of hydrogen-bond donors (Lipinski definition) is 4. The van der Waals surface area contributed by atoms with E-state index >= 15 is 0 Å². The zero-order valence-electron chi connectivity index (χ0n) is 30.8. The van der Waals surface area contributed by atoms with Gasteiger partial charge in [-0.3, -0.25) is 4.79 Å². The Bertz CT molecular complexity index is 2040. The van der Waals surface area contributed by atoms with Gasteiger partial charge < -0.3 is 35.3 Å². The van der Waals surface area contributed by atoms with Crippen LogP contribution in [0.2, 0.25) is 0 Å². The van der Waals surface area contributed by atoms with Gasteiger partial charge in [-0.1, -0.05) is 91.0 Å². The molecular weight excluding hydrogens is 715 g/mol. The summed E-state index contributed by atoms with van der Waals surface area (Å²) in [5.74, 6) is 0.0665. The molecule has 1 fully saturated rings. The zero-order chi connectivity index (χ0) is 38.6. The number of hydrogen-bond acceptors (Lipinski definition) is 8. The highest BCUT2D eigenvalue weighted by molar-refractivity contribution is 7.99. The van der Waals surface area contributed by atoms with Crippen LogP contribution in [0.5, 0.6) is 0 Å². The molecule has 1 aliphatic heterocycles. The number of nitrogens with one attached hydrogen (secondary N) is 3. The summed E-state index contributed by atoms with van der Waals surface area (Å²) in [6.07, 6.45) is -0.0177. The number of urea groups is 1. The number of esters is 1. The molecule has 1 aliphatic rings. The van der Waals surface area contributed by atoms with Crippen molar-refractivity contribution in [3.05, 3.63) is 155 Å². The number of thioether (sulfide) groups is 1. The molecule has 10 nitrogen and oxygen atoms in total. The largest absolute Gasteiger partial charge is 0.467 e. The molecule has 6 rings (SSSR count). The van der Waals surface area contributed by atoms with Crippen molar-refractivity contribution in [1.29, 1.82) is 0 Å². The van der Waals surface area contributed by atoms with Crippen molar-refractivity contribution in [2.75, 3.05) is 18.2 Å². The van der Waals surface area contributed by atoms with Gasteiger partial charge in [0.15, 0.2) is 6.29 Å². The number of amides is 3. The normalized spacial score (nSPS) is 17.1. The molecule has 0 radical (unpaired) electrons. The Kier molecular flexibility index (Phi) is 13.7. The molecular formula is C44H45N3O7S. The van der Waals surface area contributed by atoms with Crippen molar-refractivity contribution in [3.8, 4) is 11.1 Å². The summed E-state index contributed by atoms with van der Waals surface area (Å²) in [7, 11) is 1.30. The quantitative estimate of drug-likeness (QED) is 0.0668. The van der Waals surface area contributed by atoms with E-state index in [2.05, 4.69) is 22.0 Å². The van der Waals surface area contributed by atoms with Gasteiger partial charge in [0.2, 0.25) is 5.91 Å². The summed E-state index contributed by atoms with van der Waals surface area (Å²) in [4.78, 5) is 37.8. The summed E-state index contributed by atoms with van der Waals surface area (Å²) in [6, 6.07) is 39.7. The van der Waals surface area contributed by atoms with Gasteiger partial charge in [0.25, 0.3) is 0 Å². The monoisotopic (exact) mass is 759 g/mol. The molecule has 0 bridgehead atoms. The Morgan fingerprint density at radius 2 is 1.51 bits per heavy atom. The zero-order valence-corrected chi connectivity index (χ0v) is 31.6. The van der Waals surface area contributed by atoms with Gasteiger partial charge in [-0.15, -0.1) is 11.8 Å².